The van der Waals surface area contributed by atoms with Crippen molar-refractivity contribution in [3.63, 3.8) is 0 Å². The molecule has 0 aliphatic rings. The van der Waals surface area contributed by atoms with Crippen molar-refractivity contribution < 1.29 is 27.7 Å². The van der Waals surface area contributed by atoms with E-state index in [2.05, 4.69) is 4.72 Å². The van der Waals surface area contributed by atoms with Crippen LogP contribution in [-0.2, 0) is 14.8 Å². The lowest BCUT2D eigenvalue weighted by molar-refractivity contribution is -0.385. The molecular weight excluding hydrogens is 460 g/mol. The quantitative estimate of drug-likeness (QED) is 0.217. The van der Waals surface area contributed by atoms with Gasteiger partial charge in [-0.3, -0.25) is 19.6 Å². The fourth-order valence-corrected chi connectivity index (χ4v) is 4.52. The van der Waals surface area contributed by atoms with E-state index in [9.17, 15) is 28.1 Å². The van der Waals surface area contributed by atoms with Crippen molar-refractivity contribution in [1.29, 1.82) is 0 Å². The number of nitrogens with one attached hydrogen (secondary N) is 1. The van der Waals surface area contributed by atoms with Crippen LogP contribution in [0.2, 0.25) is 0 Å². The number of hydrogen-bond acceptors (Lipinski definition) is 7. The molecule has 3 rings (SSSR count). The number of hydrogen-bond donors (Lipinski definition) is 1. The number of nitrogens with zero attached hydrogens (tertiary/aromatic N) is 1. The number of esters is 1. The van der Waals surface area contributed by atoms with E-state index in [1.165, 1.54) is 50.2 Å². The Morgan fingerprint density at radius 1 is 1.00 bits per heavy atom. The van der Waals surface area contributed by atoms with Gasteiger partial charge in [0, 0.05) is 17.7 Å². The maximum absolute atomic E-state index is 13.0. The van der Waals surface area contributed by atoms with Crippen LogP contribution in [0.5, 0.6) is 0 Å². The zero-order valence-corrected chi connectivity index (χ0v) is 19.5. The molecule has 0 fully saturated rings. The van der Waals surface area contributed by atoms with Crippen LogP contribution in [-0.4, -0.2) is 31.2 Å². The van der Waals surface area contributed by atoms with Crippen LogP contribution in [0.3, 0.4) is 0 Å². The summed E-state index contributed by atoms with van der Waals surface area (Å²) in [5.74, 6) is -1.30. The minimum atomic E-state index is -4.28. The van der Waals surface area contributed by atoms with Gasteiger partial charge >= 0.3 is 5.97 Å². The van der Waals surface area contributed by atoms with Gasteiger partial charge in [0.05, 0.1) is 21.1 Å². The summed E-state index contributed by atoms with van der Waals surface area (Å²) in [6, 6.07) is 16.0. The number of non-ortho nitro benzene ring substituents is 1. The Labute approximate surface area is 196 Å². The Morgan fingerprint density at radius 2 is 1.65 bits per heavy atom. The van der Waals surface area contributed by atoms with Gasteiger partial charge in [-0.1, -0.05) is 48.0 Å². The number of rotatable bonds is 8. The summed E-state index contributed by atoms with van der Waals surface area (Å²) in [4.78, 5) is 35.5. The number of carbonyl (C=O) groups is 2. The Balaban J connectivity index is 1.85. The molecule has 1 N–H and O–H groups in total. The summed E-state index contributed by atoms with van der Waals surface area (Å²) in [6.45, 7) is 4.81. The number of carbonyl (C=O) groups excluding carboxylic acids is 2. The van der Waals surface area contributed by atoms with Crippen molar-refractivity contribution in [3.8, 4) is 0 Å². The summed E-state index contributed by atoms with van der Waals surface area (Å²) in [5.41, 5.74) is 1.05. The molecule has 176 valence electrons. The van der Waals surface area contributed by atoms with Crippen molar-refractivity contribution >= 4 is 33.2 Å². The summed E-state index contributed by atoms with van der Waals surface area (Å²) >= 11 is 0. The van der Waals surface area contributed by atoms with Gasteiger partial charge in [0.1, 0.15) is 0 Å². The molecular formula is C24H22N2O7S. The van der Waals surface area contributed by atoms with E-state index in [4.69, 9.17) is 4.74 Å². The van der Waals surface area contributed by atoms with Crippen molar-refractivity contribution in [3.05, 3.63) is 99.1 Å². The Hall–Kier alpha value is -4.05. The number of ketones is 1. The number of anilines is 1. The normalized spacial score (nSPS) is 12.0. The number of Topliss-reactive ketones (excluding diaryl/α,β-unsaturated/α-hetero) is 1. The Morgan fingerprint density at radius 3 is 2.29 bits per heavy atom. The summed E-state index contributed by atoms with van der Waals surface area (Å²) in [6.07, 6.45) is -1.11. The molecule has 1 atom stereocenters. The summed E-state index contributed by atoms with van der Waals surface area (Å²) in [5, 5.41) is 11.1. The minimum Gasteiger partial charge on any atom is -0.451 e. The van der Waals surface area contributed by atoms with Crippen LogP contribution in [0.1, 0.15) is 38.8 Å². The fraction of sp³-hybridized carbons (Fsp3) is 0.167. The van der Waals surface area contributed by atoms with Crippen molar-refractivity contribution in [1.82, 2.24) is 0 Å². The van der Waals surface area contributed by atoms with Gasteiger partial charge in [-0.25, -0.2) is 13.2 Å². The number of para-hydroxylation sites is 1. The molecule has 0 saturated carbocycles. The Bertz CT molecular complexity index is 1370. The molecule has 34 heavy (non-hydrogen) atoms. The smallest absolute Gasteiger partial charge is 0.340 e. The number of sulfonamides is 1. The molecule has 0 radical (unpaired) electrons. The van der Waals surface area contributed by atoms with Gasteiger partial charge in [-0.2, -0.15) is 0 Å². The standard InChI is InChI=1S/C24H22N2O7S/c1-15-8-11-18(12-9-15)23(27)17(3)33-24(28)20-6-4-5-7-21(20)25-34(31,32)22-14-19(26(29)30)13-10-16(22)2/h4-14,17,25H,1-3H3/t17-/m0/s1. The zero-order chi connectivity index (χ0) is 25.0. The number of benzene rings is 3. The fourth-order valence-electron chi connectivity index (χ4n) is 3.17. The predicted molar refractivity (Wildman–Crippen MR) is 125 cm³/mol. The van der Waals surface area contributed by atoms with Gasteiger partial charge in [-0.05, 0) is 38.5 Å². The molecule has 0 unspecified atom stereocenters. The molecule has 9 nitrogen and oxygen atoms in total. The first-order chi connectivity index (χ1) is 16.0. The molecule has 0 spiro atoms. The molecule has 0 heterocycles. The average Bonchev–Trinajstić information content (AvgIpc) is 2.79. The lowest BCUT2D eigenvalue weighted by Crippen LogP contribution is -2.25. The highest BCUT2D eigenvalue weighted by atomic mass is 32.2. The molecule has 0 aliphatic heterocycles. The Kier molecular flexibility index (Phi) is 7.11. The van der Waals surface area contributed by atoms with E-state index in [-0.39, 0.29) is 27.4 Å². The molecule has 0 aromatic heterocycles. The first-order valence-corrected chi connectivity index (χ1v) is 11.7. The first kappa shape index (κ1) is 24.6. The van der Waals surface area contributed by atoms with Gasteiger partial charge in [0.2, 0.25) is 5.78 Å². The van der Waals surface area contributed by atoms with E-state index in [0.717, 1.165) is 11.6 Å². The summed E-state index contributed by atoms with van der Waals surface area (Å²) < 4.78 is 33.6. The lowest BCUT2D eigenvalue weighted by Gasteiger charge is -2.16. The topological polar surface area (TPSA) is 133 Å². The largest absolute Gasteiger partial charge is 0.451 e. The number of aryl methyl sites for hydroxylation is 2. The zero-order valence-electron chi connectivity index (χ0n) is 18.6. The van der Waals surface area contributed by atoms with Crippen LogP contribution >= 0.6 is 0 Å². The third-order valence-electron chi connectivity index (χ3n) is 5.05. The molecule has 3 aromatic carbocycles. The van der Waals surface area contributed by atoms with Crippen molar-refractivity contribution in [2.45, 2.75) is 31.8 Å². The second-order valence-corrected chi connectivity index (χ2v) is 9.29. The van der Waals surface area contributed by atoms with Gasteiger partial charge in [0.25, 0.3) is 15.7 Å². The molecule has 0 bridgehead atoms. The van der Waals surface area contributed by atoms with E-state index >= 15 is 0 Å². The number of ether oxygens (including phenoxy) is 1. The van der Waals surface area contributed by atoms with Crippen LogP contribution in [0.4, 0.5) is 11.4 Å². The highest BCUT2D eigenvalue weighted by Gasteiger charge is 2.25. The monoisotopic (exact) mass is 482 g/mol. The molecule has 0 amide bonds. The average molecular weight is 483 g/mol. The van der Waals surface area contributed by atoms with Crippen LogP contribution in [0.15, 0.2) is 71.6 Å². The number of nitro benzene ring substituents is 1. The highest BCUT2D eigenvalue weighted by molar-refractivity contribution is 7.92. The maximum atomic E-state index is 13.0. The van der Waals surface area contributed by atoms with Crippen LogP contribution < -0.4 is 4.72 Å². The molecule has 0 aliphatic carbocycles. The highest BCUT2D eigenvalue weighted by Crippen LogP contribution is 2.26. The molecule has 10 heteroatoms. The van der Waals surface area contributed by atoms with E-state index in [1.807, 2.05) is 6.92 Å². The third kappa shape index (κ3) is 5.46. The summed E-state index contributed by atoms with van der Waals surface area (Å²) in [7, 11) is -4.28. The van der Waals surface area contributed by atoms with Crippen molar-refractivity contribution in [2.24, 2.45) is 0 Å². The van der Waals surface area contributed by atoms with E-state index in [1.54, 1.807) is 24.3 Å². The molecule has 0 saturated heterocycles. The molecule has 3 aromatic rings. The minimum absolute atomic E-state index is 0.0895. The second kappa shape index (κ2) is 9.84. The van der Waals surface area contributed by atoms with Gasteiger partial charge < -0.3 is 4.74 Å². The van der Waals surface area contributed by atoms with E-state index in [0.29, 0.717) is 5.56 Å². The predicted octanol–water partition coefficient (Wildman–Crippen LogP) is 4.44. The van der Waals surface area contributed by atoms with Crippen LogP contribution in [0, 0.1) is 24.0 Å². The third-order valence-corrected chi connectivity index (χ3v) is 6.56. The van der Waals surface area contributed by atoms with Crippen LogP contribution in [0.25, 0.3) is 0 Å². The number of nitro groups is 1. The maximum Gasteiger partial charge on any atom is 0.340 e. The van der Waals surface area contributed by atoms with Gasteiger partial charge in [0.15, 0.2) is 6.10 Å². The SMILES string of the molecule is Cc1ccc(C(=O)[C@H](C)OC(=O)c2ccccc2NS(=O)(=O)c2cc([N+](=O)[O-])ccc2C)cc1. The second-order valence-electron chi connectivity index (χ2n) is 7.64. The lowest BCUT2D eigenvalue weighted by atomic mass is 10.1. The first-order valence-electron chi connectivity index (χ1n) is 10.2. The van der Waals surface area contributed by atoms with Crippen molar-refractivity contribution in [2.75, 3.05) is 4.72 Å². The van der Waals surface area contributed by atoms with Gasteiger partial charge in [-0.15, -0.1) is 0 Å². The van der Waals surface area contributed by atoms with E-state index < -0.39 is 32.8 Å².